The summed E-state index contributed by atoms with van der Waals surface area (Å²) >= 11 is 11.6. The molecule has 22 heavy (non-hydrogen) atoms. The van der Waals surface area contributed by atoms with Gasteiger partial charge in [0.15, 0.2) is 0 Å². The number of rotatable bonds is 2. The molecule has 2 saturated carbocycles. The first-order chi connectivity index (χ1) is 9.95. The van der Waals surface area contributed by atoms with Crippen molar-refractivity contribution in [2.75, 3.05) is 6.54 Å². The number of hydrogen-bond donors (Lipinski definition) is 0. The maximum Gasteiger partial charge on any atom is 0.227 e. The zero-order chi connectivity index (χ0) is 16.5. The number of hydrogen-bond acceptors (Lipinski definition) is 1. The number of carbonyl (C=O) groups is 1. The predicted octanol–water partition coefficient (Wildman–Crippen LogP) is 5.00. The van der Waals surface area contributed by atoms with E-state index < -0.39 is 0 Å². The van der Waals surface area contributed by atoms with Gasteiger partial charge in [-0.05, 0) is 47.5 Å². The van der Waals surface area contributed by atoms with Gasteiger partial charge in [0.05, 0.1) is 5.92 Å². The van der Waals surface area contributed by atoms with Crippen LogP contribution in [0.3, 0.4) is 0 Å². The first kappa shape index (κ1) is 16.6. The number of allylic oxidation sites excluding steroid dienone is 1. The number of halogens is 2. The van der Waals surface area contributed by atoms with E-state index in [0.29, 0.717) is 17.4 Å². The molecular formula is C18H27Cl2NO. The fourth-order valence-electron chi connectivity index (χ4n) is 5.49. The van der Waals surface area contributed by atoms with Crippen LogP contribution in [0.25, 0.3) is 0 Å². The van der Waals surface area contributed by atoms with Gasteiger partial charge in [0.1, 0.15) is 4.49 Å². The Bertz CT molecular complexity index is 535. The summed E-state index contributed by atoms with van der Waals surface area (Å²) in [5, 5.41) is 0. The van der Waals surface area contributed by atoms with Gasteiger partial charge in [0.25, 0.3) is 0 Å². The average Bonchev–Trinajstić information content (AvgIpc) is 2.70. The van der Waals surface area contributed by atoms with Crippen LogP contribution in [0.2, 0.25) is 0 Å². The summed E-state index contributed by atoms with van der Waals surface area (Å²) < 4.78 is 0.279. The standard InChI is InChI=1S/C18H27Cl2NO/c1-16(2)7-11-8-18(5,9-16)10-21(11)15(22)14-12(6-13(19)20)17(14,3)4/h6,11-12,14H,7-10H2,1-5H3/t11-,12+,14+,18-/m1/s1. The molecule has 3 fully saturated rings. The van der Waals surface area contributed by atoms with Crippen LogP contribution in [0, 0.1) is 28.1 Å². The summed E-state index contributed by atoms with van der Waals surface area (Å²) in [4.78, 5) is 15.3. The summed E-state index contributed by atoms with van der Waals surface area (Å²) in [6.45, 7) is 12.2. The topological polar surface area (TPSA) is 20.3 Å². The van der Waals surface area contributed by atoms with Crippen molar-refractivity contribution in [3.8, 4) is 0 Å². The van der Waals surface area contributed by atoms with Crippen LogP contribution >= 0.6 is 23.2 Å². The number of fused-ring (bicyclic) bond motifs is 2. The Hall–Kier alpha value is -0.210. The molecule has 1 aliphatic heterocycles. The molecule has 0 spiro atoms. The molecule has 0 aromatic carbocycles. The summed E-state index contributed by atoms with van der Waals surface area (Å²) in [5.41, 5.74) is 0.598. The Morgan fingerprint density at radius 1 is 1.14 bits per heavy atom. The van der Waals surface area contributed by atoms with Crippen LogP contribution in [0.4, 0.5) is 0 Å². The van der Waals surface area contributed by atoms with E-state index in [1.807, 2.05) is 6.08 Å². The molecule has 1 amide bonds. The van der Waals surface area contributed by atoms with Gasteiger partial charge in [0.2, 0.25) is 5.91 Å². The minimum absolute atomic E-state index is 0.0285. The van der Waals surface area contributed by atoms with E-state index in [9.17, 15) is 4.79 Å². The molecular weight excluding hydrogens is 317 g/mol. The number of amides is 1. The van der Waals surface area contributed by atoms with Gasteiger partial charge in [-0.25, -0.2) is 0 Å². The van der Waals surface area contributed by atoms with E-state index in [0.717, 1.165) is 19.4 Å². The van der Waals surface area contributed by atoms with E-state index in [2.05, 4.69) is 39.5 Å². The molecule has 3 aliphatic rings. The van der Waals surface area contributed by atoms with Crippen molar-refractivity contribution in [2.24, 2.45) is 28.1 Å². The van der Waals surface area contributed by atoms with Gasteiger partial charge in [-0.3, -0.25) is 4.79 Å². The number of likely N-dealkylation sites (tertiary alicyclic amines) is 1. The second-order valence-corrected chi connectivity index (χ2v) is 10.5. The molecule has 1 heterocycles. The van der Waals surface area contributed by atoms with Gasteiger partial charge < -0.3 is 4.90 Å². The molecule has 4 atom stereocenters. The molecule has 3 rings (SSSR count). The van der Waals surface area contributed by atoms with Crippen molar-refractivity contribution in [3.05, 3.63) is 10.6 Å². The molecule has 0 radical (unpaired) electrons. The predicted molar refractivity (Wildman–Crippen MR) is 91.8 cm³/mol. The molecule has 124 valence electrons. The summed E-state index contributed by atoms with van der Waals surface area (Å²) in [6, 6.07) is 0.411. The van der Waals surface area contributed by atoms with Crippen LogP contribution in [0.5, 0.6) is 0 Å². The van der Waals surface area contributed by atoms with Crippen molar-refractivity contribution in [1.82, 2.24) is 4.90 Å². The maximum atomic E-state index is 13.1. The summed E-state index contributed by atoms with van der Waals surface area (Å²) in [7, 11) is 0. The van der Waals surface area contributed by atoms with Crippen molar-refractivity contribution < 1.29 is 4.79 Å². The molecule has 2 nitrogen and oxygen atoms in total. The largest absolute Gasteiger partial charge is 0.339 e. The first-order valence-corrected chi connectivity index (χ1v) is 9.04. The minimum Gasteiger partial charge on any atom is -0.339 e. The molecule has 2 aliphatic carbocycles. The minimum atomic E-state index is -0.0285. The van der Waals surface area contributed by atoms with Crippen LogP contribution in [0.1, 0.15) is 53.9 Å². The van der Waals surface area contributed by atoms with Crippen molar-refractivity contribution in [1.29, 1.82) is 0 Å². The maximum absolute atomic E-state index is 13.1. The van der Waals surface area contributed by atoms with Crippen molar-refractivity contribution in [2.45, 2.75) is 59.9 Å². The van der Waals surface area contributed by atoms with E-state index in [1.54, 1.807) is 0 Å². The highest BCUT2D eigenvalue weighted by atomic mass is 35.5. The van der Waals surface area contributed by atoms with Crippen LogP contribution in [-0.2, 0) is 4.79 Å². The van der Waals surface area contributed by atoms with Crippen LogP contribution in [-0.4, -0.2) is 23.4 Å². The van der Waals surface area contributed by atoms with Crippen molar-refractivity contribution >= 4 is 29.1 Å². The quantitative estimate of drug-likeness (QED) is 0.690. The Balaban J connectivity index is 1.79. The molecule has 0 unspecified atom stereocenters. The van der Waals surface area contributed by atoms with E-state index in [1.165, 1.54) is 6.42 Å². The zero-order valence-electron chi connectivity index (χ0n) is 14.2. The normalized spacial score (nSPS) is 41.2. The third-order valence-electron chi connectivity index (χ3n) is 6.18. The van der Waals surface area contributed by atoms with Gasteiger partial charge >= 0.3 is 0 Å². The smallest absolute Gasteiger partial charge is 0.227 e. The molecule has 2 bridgehead atoms. The third kappa shape index (κ3) is 2.71. The molecule has 0 N–H and O–H groups in total. The van der Waals surface area contributed by atoms with Gasteiger partial charge in [-0.15, -0.1) is 0 Å². The number of carbonyl (C=O) groups excluding carboxylic acids is 1. The SMILES string of the molecule is CC1(C)C[C@@H]2C[C@@](C)(CN2C(=O)[C@@H]2[C@H](C=C(Cl)Cl)C2(C)C)C1. The third-order valence-corrected chi connectivity index (χ3v) is 6.43. The lowest BCUT2D eigenvalue weighted by molar-refractivity contribution is -0.134. The molecule has 1 saturated heterocycles. The average molecular weight is 344 g/mol. The fourth-order valence-corrected chi connectivity index (χ4v) is 5.76. The summed E-state index contributed by atoms with van der Waals surface area (Å²) in [5.74, 6) is 0.518. The second kappa shape index (κ2) is 4.89. The first-order valence-electron chi connectivity index (χ1n) is 8.29. The van der Waals surface area contributed by atoms with Gasteiger partial charge in [-0.2, -0.15) is 0 Å². The Morgan fingerprint density at radius 2 is 1.77 bits per heavy atom. The van der Waals surface area contributed by atoms with E-state index in [-0.39, 0.29) is 27.2 Å². The highest BCUT2D eigenvalue weighted by molar-refractivity contribution is 6.55. The highest BCUT2D eigenvalue weighted by Gasteiger charge is 2.63. The lowest BCUT2D eigenvalue weighted by Gasteiger charge is -2.39. The highest BCUT2D eigenvalue weighted by Crippen LogP contribution is 2.62. The molecule has 0 aromatic rings. The van der Waals surface area contributed by atoms with Crippen molar-refractivity contribution in [3.63, 3.8) is 0 Å². The molecule has 0 aromatic heterocycles. The molecule has 4 heteroatoms. The Labute approximate surface area is 144 Å². The number of nitrogens with zero attached hydrogens (tertiary/aromatic N) is 1. The Morgan fingerprint density at radius 3 is 2.36 bits per heavy atom. The lowest BCUT2D eigenvalue weighted by Crippen LogP contribution is -2.39. The van der Waals surface area contributed by atoms with Gasteiger partial charge in [0, 0.05) is 12.6 Å². The fraction of sp³-hybridized carbons (Fsp3) is 0.833. The van der Waals surface area contributed by atoms with Gasteiger partial charge in [-0.1, -0.05) is 57.8 Å². The van der Waals surface area contributed by atoms with Crippen LogP contribution in [0.15, 0.2) is 10.6 Å². The zero-order valence-corrected chi connectivity index (χ0v) is 15.8. The van der Waals surface area contributed by atoms with E-state index in [4.69, 9.17) is 23.2 Å². The lowest BCUT2D eigenvalue weighted by atomic mass is 9.65. The van der Waals surface area contributed by atoms with E-state index >= 15 is 0 Å². The summed E-state index contributed by atoms with van der Waals surface area (Å²) in [6.07, 6.45) is 5.34. The second-order valence-electron chi connectivity index (χ2n) is 9.46. The Kier molecular flexibility index (Phi) is 3.70. The van der Waals surface area contributed by atoms with Crippen LogP contribution < -0.4 is 0 Å². The monoisotopic (exact) mass is 343 g/mol.